The number of aliphatic hydroxyl groups is 8. The van der Waals surface area contributed by atoms with Crippen LogP contribution in [0.3, 0.4) is 0 Å². The third-order valence-corrected chi connectivity index (χ3v) is 42.9. The molecule has 4 rings (SSSR count). The van der Waals surface area contributed by atoms with Crippen molar-refractivity contribution >= 4 is 122 Å². The number of hydrogen-bond acceptors (Lipinski definition) is 30. The molecule has 654 valence electrons. The Labute approximate surface area is 616 Å². The Morgan fingerprint density at radius 1 is 0.234 bits per heavy atom. The smallest absolute Gasteiger partial charge is 0.373 e. The van der Waals surface area contributed by atoms with E-state index in [1.807, 2.05) is 0 Å². The van der Waals surface area contributed by atoms with E-state index in [4.69, 9.17) is 127 Å². The molecule has 34 N–H and O–H groups in total. The van der Waals surface area contributed by atoms with Crippen molar-refractivity contribution in [3.63, 3.8) is 0 Å². The Hall–Kier alpha value is -1.21. The summed E-state index contributed by atoms with van der Waals surface area (Å²) in [5.74, 6) is 0. The van der Waals surface area contributed by atoms with Crippen molar-refractivity contribution in [3.05, 3.63) is 89.7 Å². The van der Waals surface area contributed by atoms with Crippen LogP contribution in [-0.2, 0) is 125 Å². The van der Waals surface area contributed by atoms with Gasteiger partial charge in [-0.3, -0.25) is 45.7 Å². The Morgan fingerprint density at radius 3 is 0.495 bits per heavy atom. The van der Waals surface area contributed by atoms with Crippen LogP contribution in [0.1, 0.15) is 7.43 Å². The van der Waals surface area contributed by atoms with Gasteiger partial charge in [0.05, 0.1) is 0 Å². The molecule has 0 bridgehead atoms. The zero-order valence-electron chi connectivity index (χ0n) is 53.5. The minimum atomic E-state index is -6.12. The van der Waals surface area contributed by atoms with Gasteiger partial charge >= 0.3 is 91.2 Å². The van der Waals surface area contributed by atoms with Crippen molar-refractivity contribution in [2.45, 2.75) is 100 Å². The van der Waals surface area contributed by atoms with Gasteiger partial charge in [-0.15, -0.1) is 0 Å². The van der Waals surface area contributed by atoms with E-state index >= 15 is 0 Å². The predicted molar refractivity (Wildman–Crippen MR) is 337 cm³/mol. The van der Waals surface area contributed by atoms with E-state index in [9.17, 15) is 143 Å². The molecule has 0 amide bonds. The average molecular weight is 1950 g/mol. The zero-order chi connectivity index (χ0) is 86.8. The summed E-state index contributed by atoms with van der Waals surface area (Å²) in [7, 11) is -94.7. The van der Waals surface area contributed by atoms with Gasteiger partial charge in [-0.1, -0.05) is 7.43 Å². The van der Waals surface area contributed by atoms with Crippen LogP contribution in [0.2, 0.25) is 0 Å². The molecule has 111 heavy (non-hydrogen) atoms. The Bertz CT molecular complexity index is 3670. The van der Waals surface area contributed by atoms with Gasteiger partial charge in [0, 0.05) is 7.43 Å². The lowest BCUT2D eigenvalue weighted by Crippen LogP contribution is -2.48. The second-order valence-corrected chi connectivity index (χ2v) is 53.6. The number of imidazole rings is 4. The van der Waals surface area contributed by atoms with E-state index in [0.29, 0.717) is 61.8 Å². The molecule has 0 aliphatic heterocycles. The molecule has 0 radical (unpaired) electrons. The molecule has 0 spiro atoms. The molecular weight excluding hydrogens is 1880 g/mol. The number of nitrogens with zero attached hydrogens (tertiary/aromatic N) is 8. The first kappa shape index (κ1) is 114. The first-order chi connectivity index (χ1) is 46.6. The van der Waals surface area contributed by atoms with Crippen LogP contribution < -0.4 is 47.6 Å². The fourth-order valence-corrected chi connectivity index (χ4v) is 23.4. The highest BCUT2D eigenvalue weighted by molar-refractivity contribution is 7.75. The first-order valence-corrected chi connectivity index (χ1v) is 51.0. The lowest BCUT2D eigenvalue weighted by Gasteiger charge is -2.40. The standard InChI is InChI=1S/4C7H16N2O14P4.CH4.2CH3/c4*10-6(24(12,13)14,25(15,16)17)3-8-1-2-9(5-8)4-7(11,26(18,19)20)27(21,22)23;;;/h4*1-2,5,10-11H,3-4H2,(H7-,12,13,14,15,16,17,18,19,20,21,22,23);1H4;2*1H3/q;;;;;-1;+1/p-2. The van der Waals surface area contributed by atoms with Crippen LogP contribution >= 0.6 is 122 Å². The molecule has 4 aromatic rings. The van der Waals surface area contributed by atoms with Crippen LogP contribution in [-0.4, -0.2) is 227 Å². The van der Waals surface area contributed by atoms with Crippen molar-refractivity contribution in [2.24, 2.45) is 0 Å². The normalized spacial score (nSPS) is 19.5. The fourth-order valence-electron chi connectivity index (χ4n) is 7.25. The van der Waals surface area contributed by atoms with Crippen LogP contribution in [0, 0.1) is 14.9 Å². The molecule has 4 aromatic heterocycles. The van der Waals surface area contributed by atoms with Crippen LogP contribution in [0.15, 0.2) is 74.9 Å². The number of hydrogen-bond donors (Lipinski definition) is 34. The molecule has 0 saturated carbocycles. The van der Waals surface area contributed by atoms with Gasteiger partial charge in [-0.25, -0.2) is 36.5 Å². The molecule has 0 aromatic carbocycles. The van der Waals surface area contributed by atoms with Crippen molar-refractivity contribution in [1.82, 2.24) is 18.3 Å². The SMILES string of the molecule is C.O=P(O)(O)C(O)(Cn1cc[n+](CC(O)(P(=O)(O)O)P(=O)(O)O)c1)P(=O)(O)O.O=P([O-])(O)C(O)(Cn1cc[n+](CC(O)(P(=O)(O)O)P(=O)(O)O)c1)P(=O)(O)O.O=P([O-])(O)C(O)(Cn1cc[n+](CC(O)(P(=O)([O-])O)P(=O)(O)O)c1)P(=O)(O)O.O=P([O-])(O)C(O)(Cn1cc[n+](CC(O)(P(=O)([O-])O)P(=O)(O)O)c1)P(=O)([O-])O.[CH3+].[CH3-]. The summed E-state index contributed by atoms with van der Waals surface area (Å²) < 4.78 is 184. The van der Waals surface area contributed by atoms with E-state index in [1.165, 1.54) is 0 Å². The molecule has 0 aliphatic rings. The largest absolute Gasteiger partial charge is 0.776 e. The molecule has 0 saturated heterocycles. The molecule has 64 nitrogen and oxygen atoms in total. The highest BCUT2D eigenvalue weighted by atomic mass is 31.3. The van der Waals surface area contributed by atoms with E-state index in [0.717, 1.165) is 49.6 Å². The fraction of sp³-hybridized carbons (Fsp3) is 0.548. The monoisotopic (exact) mass is 1950 g/mol. The molecule has 0 aliphatic carbocycles. The van der Waals surface area contributed by atoms with Crippen molar-refractivity contribution in [1.29, 1.82) is 0 Å². The summed E-state index contributed by atoms with van der Waals surface area (Å²) in [5.41, 5.74) is 0. The van der Waals surface area contributed by atoms with E-state index in [-0.39, 0.29) is 22.3 Å². The average Bonchev–Trinajstić information content (AvgIpc) is 1.65. The molecule has 10 atom stereocenters. The third kappa shape index (κ3) is 25.9. The molecule has 10 unspecified atom stereocenters. The van der Waals surface area contributed by atoms with Gasteiger partial charge in [0.1, 0.15) is 102 Å². The molecule has 80 heteroatoms. The highest BCUT2D eigenvalue weighted by Crippen LogP contribution is 2.73. The van der Waals surface area contributed by atoms with Crippen molar-refractivity contribution in [2.75, 3.05) is 0 Å². The second kappa shape index (κ2) is 36.2. The quantitative estimate of drug-likeness (QED) is 0.0123. The van der Waals surface area contributed by atoms with Gasteiger partial charge < -0.3 is 232 Å². The van der Waals surface area contributed by atoms with Gasteiger partial charge in [-0.2, -0.15) is 0 Å². The molecular formula is C31H72N8O56P16-2. The van der Waals surface area contributed by atoms with Crippen LogP contribution in [0.25, 0.3) is 0 Å². The van der Waals surface area contributed by atoms with E-state index in [1.54, 1.807) is 0 Å². The summed E-state index contributed by atoms with van der Waals surface area (Å²) in [6, 6.07) is 0. The van der Waals surface area contributed by atoms with Crippen molar-refractivity contribution < 1.29 is 289 Å². The number of aromatic nitrogens is 8. The number of rotatable bonds is 32. The van der Waals surface area contributed by atoms with Crippen LogP contribution in [0.4, 0.5) is 0 Å². The maximum atomic E-state index is 11.3. The topological polar surface area (TPSA) is 1130 Å². The maximum absolute atomic E-state index is 11.3. The summed E-state index contributed by atoms with van der Waals surface area (Å²) in [5, 5.41) is 46.3. The Morgan fingerprint density at radius 2 is 0.360 bits per heavy atom. The minimum absolute atomic E-state index is 0. The second-order valence-electron chi connectivity index (χ2n) is 21.8. The predicted octanol–water partition coefficient (Wildman–Crippen LogP) is -15.1. The molecule has 0 fully saturated rings. The summed E-state index contributed by atoms with van der Waals surface area (Å²) >= 11 is 0. The van der Waals surface area contributed by atoms with Crippen molar-refractivity contribution in [3.8, 4) is 0 Å². The van der Waals surface area contributed by atoms with Crippen LogP contribution in [0.5, 0.6) is 0 Å². The zero-order valence-corrected chi connectivity index (χ0v) is 67.8. The highest BCUT2D eigenvalue weighted by Gasteiger charge is 2.65. The summed E-state index contributed by atoms with van der Waals surface area (Å²) in [6.07, 6.45) is 8.48. The maximum Gasteiger partial charge on any atom is 0.373 e. The minimum Gasteiger partial charge on any atom is -0.776 e. The lowest BCUT2D eigenvalue weighted by atomic mass is 10.6. The third-order valence-electron chi connectivity index (χ3n) is 13.5. The van der Waals surface area contributed by atoms with Gasteiger partial charge in [0.15, 0.2) is 45.6 Å². The Balaban J connectivity index is -0.00000139. The molecule has 4 heterocycles. The van der Waals surface area contributed by atoms with Gasteiger partial charge in [0.2, 0.25) is 30.4 Å². The first-order valence-electron chi connectivity index (χ1n) is 25.4. The van der Waals surface area contributed by atoms with Gasteiger partial charge in [0.25, 0.3) is 20.3 Å². The van der Waals surface area contributed by atoms with E-state index in [2.05, 4.69) is 0 Å². The lowest BCUT2D eigenvalue weighted by molar-refractivity contribution is -0.703. The summed E-state index contributed by atoms with van der Waals surface area (Å²) in [6.45, 7) is -11.7. The van der Waals surface area contributed by atoms with E-state index < -0.39 is 215 Å². The summed E-state index contributed by atoms with van der Waals surface area (Å²) in [4.78, 5) is 301. The Kier molecular flexibility index (Phi) is 37.2. The van der Waals surface area contributed by atoms with Gasteiger partial charge in [-0.05, 0) is 0 Å².